The zero-order valence-electron chi connectivity index (χ0n) is 16.4. The average molecular weight is 391 g/mol. The first-order valence-electron chi connectivity index (χ1n) is 9.81. The quantitative estimate of drug-likeness (QED) is 0.792. The summed E-state index contributed by atoms with van der Waals surface area (Å²) < 4.78 is 16.1. The monoisotopic (exact) mass is 391 g/mol. The lowest BCUT2D eigenvalue weighted by Gasteiger charge is -2.37. The lowest BCUT2D eigenvalue weighted by molar-refractivity contribution is -0.123. The summed E-state index contributed by atoms with van der Waals surface area (Å²) in [6, 6.07) is 7.31. The van der Waals surface area contributed by atoms with Gasteiger partial charge in [-0.05, 0) is 30.9 Å². The molecule has 0 radical (unpaired) electrons. The third-order valence-corrected chi connectivity index (χ3v) is 5.09. The number of methoxy groups -OCH3 is 1. The first-order valence-corrected chi connectivity index (χ1v) is 9.81. The van der Waals surface area contributed by atoms with Gasteiger partial charge in [0.2, 0.25) is 0 Å². The summed E-state index contributed by atoms with van der Waals surface area (Å²) in [5, 5.41) is 2.92. The molecule has 0 spiro atoms. The van der Waals surface area contributed by atoms with E-state index in [0.717, 1.165) is 19.4 Å². The number of nitrogens with zero attached hydrogens (tertiary/aromatic N) is 2. The number of piperidine rings is 1. The maximum Gasteiger partial charge on any atom is 0.320 e. The Kier molecular flexibility index (Phi) is 7.36. The van der Waals surface area contributed by atoms with Crippen LogP contribution in [0.2, 0.25) is 0 Å². The molecule has 154 valence electrons. The van der Waals surface area contributed by atoms with Crippen molar-refractivity contribution in [3.63, 3.8) is 0 Å². The van der Waals surface area contributed by atoms with Crippen LogP contribution in [0, 0.1) is 5.92 Å². The van der Waals surface area contributed by atoms with Crippen LogP contribution >= 0.6 is 0 Å². The highest BCUT2D eigenvalue weighted by atomic mass is 16.5. The maximum atomic E-state index is 12.6. The van der Waals surface area contributed by atoms with E-state index >= 15 is 0 Å². The van der Waals surface area contributed by atoms with Gasteiger partial charge in [0, 0.05) is 32.7 Å². The van der Waals surface area contributed by atoms with Crippen molar-refractivity contribution < 1.29 is 23.8 Å². The van der Waals surface area contributed by atoms with Crippen LogP contribution in [0.1, 0.15) is 12.8 Å². The summed E-state index contributed by atoms with van der Waals surface area (Å²) >= 11 is 0. The average Bonchev–Trinajstić information content (AvgIpc) is 2.76. The Bertz CT molecular complexity index is 663. The summed E-state index contributed by atoms with van der Waals surface area (Å²) in [6.07, 6.45) is 1.95. The number of carbonyl (C=O) groups excluding carboxylic acids is 2. The second kappa shape index (κ2) is 10.2. The van der Waals surface area contributed by atoms with Crippen LogP contribution < -0.4 is 14.8 Å². The largest absolute Gasteiger partial charge is 0.493 e. The summed E-state index contributed by atoms with van der Waals surface area (Å²) in [5.74, 6) is 1.22. The van der Waals surface area contributed by atoms with Crippen molar-refractivity contribution in [3.05, 3.63) is 24.3 Å². The standard InChI is InChI=1S/C20H29N3O5/c1-26-17-6-2-3-7-18(17)28-15-19(24)21-13-16-5-4-8-23(14-16)20(25)22-9-11-27-12-10-22/h2-3,6-7,16H,4-5,8-15H2,1H3,(H,21,24)/t16-/m1/s1. The number of ether oxygens (including phenoxy) is 3. The first-order chi connectivity index (χ1) is 13.7. The van der Waals surface area contributed by atoms with Crippen molar-refractivity contribution in [2.75, 3.05) is 59.7 Å². The van der Waals surface area contributed by atoms with Crippen molar-refractivity contribution in [2.45, 2.75) is 12.8 Å². The molecule has 28 heavy (non-hydrogen) atoms. The molecule has 3 amide bonds. The molecule has 0 unspecified atom stereocenters. The summed E-state index contributed by atoms with van der Waals surface area (Å²) in [7, 11) is 1.56. The predicted octanol–water partition coefficient (Wildman–Crippen LogP) is 1.35. The van der Waals surface area contributed by atoms with E-state index in [4.69, 9.17) is 14.2 Å². The molecule has 8 heteroatoms. The zero-order valence-corrected chi connectivity index (χ0v) is 16.4. The lowest BCUT2D eigenvalue weighted by Crippen LogP contribution is -2.52. The van der Waals surface area contributed by atoms with Crippen molar-refractivity contribution in [1.29, 1.82) is 0 Å². The normalized spacial score (nSPS) is 19.8. The molecule has 3 rings (SSSR count). The Hall–Kier alpha value is -2.48. The molecule has 1 N–H and O–H groups in total. The fraction of sp³-hybridized carbons (Fsp3) is 0.600. The van der Waals surface area contributed by atoms with Gasteiger partial charge in [-0.1, -0.05) is 12.1 Å². The smallest absolute Gasteiger partial charge is 0.320 e. The van der Waals surface area contributed by atoms with E-state index in [0.29, 0.717) is 50.9 Å². The summed E-state index contributed by atoms with van der Waals surface area (Å²) in [5.41, 5.74) is 0. The highest BCUT2D eigenvalue weighted by molar-refractivity contribution is 5.77. The number of likely N-dealkylation sites (tertiary alicyclic amines) is 1. The van der Waals surface area contributed by atoms with E-state index in [1.54, 1.807) is 19.2 Å². The highest BCUT2D eigenvalue weighted by Crippen LogP contribution is 2.25. The molecule has 2 aliphatic rings. The van der Waals surface area contributed by atoms with Crippen LogP contribution in [0.4, 0.5) is 4.79 Å². The molecule has 1 aromatic rings. The van der Waals surface area contributed by atoms with Crippen molar-refractivity contribution in [1.82, 2.24) is 15.1 Å². The molecule has 0 bridgehead atoms. The van der Waals surface area contributed by atoms with Crippen molar-refractivity contribution in [3.8, 4) is 11.5 Å². The van der Waals surface area contributed by atoms with Gasteiger partial charge in [-0.15, -0.1) is 0 Å². The third kappa shape index (κ3) is 5.51. The predicted molar refractivity (Wildman–Crippen MR) is 104 cm³/mol. The van der Waals surface area contributed by atoms with E-state index in [1.165, 1.54) is 0 Å². The fourth-order valence-corrected chi connectivity index (χ4v) is 3.55. The van der Waals surface area contributed by atoms with Gasteiger partial charge in [-0.3, -0.25) is 4.79 Å². The Morgan fingerprint density at radius 3 is 2.64 bits per heavy atom. The number of morpholine rings is 1. The van der Waals surface area contributed by atoms with Crippen LogP contribution in [-0.4, -0.2) is 81.4 Å². The van der Waals surface area contributed by atoms with Crippen molar-refractivity contribution >= 4 is 11.9 Å². The number of carbonyl (C=O) groups is 2. The zero-order chi connectivity index (χ0) is 19.8. The van der Waals surface area contributed by atoms with Crippen LogP contribution in [0.25, 0.3) is 0 Å². The number of rotatable bonds is 6. The van der Waals surface area contributed by atoms with Gasteiger partial charge in [0.05, 0.1) is 20.3 Å². The number of hydrogen-bond acceptors (Lipinski definition) is 5. The second-order valence-electron chi connectivity index (χ2n) is 7.08. The van der Waals surface area contributed by atoms with Gasteiger partial charge in [0.1, 0.15) is 0 Å². The Labute approximate surface area is 165 Å². The minimum atomic E-state index is -0.178. The SMILES string of the molecule is COc1ccccc1OCC(=O)NC[C@H]1CCCN(C(=O)N2CCOCC2)C1. The van der Waals surface area contributed by atoms with Gasteiger partial charge in [0.15, 0.2) is 18.1 Å². The van der Waals surface area contributed by atoms with E-state index < -0.39 is 0 Å². The highest BCUT2D eigenvalue weighted by Gasteiger charge is 2.28. The summed E-state index contributed by atoms with van der Waals surface area (Å²) in [4.78, 5) is 28.5. The van der Waals surface area contributed by atoms with Crippen LogP contribution in [0.15, 0.2) is 24.3 Å². The number of urea groups is 1. The van der Waals surface area contributed by atoms with Gasteiger partial charge in [-0.25, -0.2) is 4.79 Å². The minimum Gasteiger partial charge on any atom is -0.493 e. The number of nitrogens with one attached hydrogen (secondary N) is 1. The van der Waals surface area contributed by atoms with Crippen LogP contribution in [0.5, 0.6) is 11.5 Å². The number of para-hydroxylation sites is 2. The molecular formula is C20H29N3O5. The lowest BCUT2D eigenvalue weighted by atomic mass is 9.98. The maximum absolute atomic E-state index is 12.6. The number of benzene rings is 1. The molecule has 1 aromatic carbocycles. The van der Waals surface area contributed by atoms with Gasteiger partial charge in [-0.2, -0.15) is 0 Å². The molecule has 2 saturated heterocycles. The Morgan fingerprint density at radius 2 is 1.89 bits per heavy atom. The Balaban J connectivity index is 1.41. The molecule has 2 heterocycles. The van der Waals surface area contributed by atoms with Crippen LogP contribution in [0.3, 0.4) is 0 Å². The van der Waals surface area contributed by atoms with E-state index in [2.05, 4.69) is 5.32 Å². The molecule has 0 aliphatic carbocycles. The molecular weight excluding hydrogens is 362 g/mol. The topological polar surface area (TPSA) is 80.3 Å². The third-order valence-electron chi connectivity index (χ3n) is 5.09. The molecule has 2 fully saturated rings. The van der Waals surface area contributed by atoms with E-state index in [1.807, 2.05) is 21.9 Å². The van der Waals surface area contributed by atoms with Crippen molar-refractivity contribution in [2.24, 2.45) is 5.92 Å². The van der Waals surface area contributed by atoms with E-state index in [9.17, 15) is 9.59 Å². The molecule has 2 aliphatic heterocycles. The van der Waals surface area contributed by atoms with Gasteiger partial charge >= 0.3 is 6.03 Å². The molecule has 8 nitrogen and oxygen atoms in total. The molecule has 1 atom stereocenters. The summed E-state index contributed by atoms with van der Waals surface area (Å²) in [6.45, 7) is 4.43. The van der Waals surface area contributed by atoms with Crippen LogP contribution in [-0.2, 0) is 9.53 Å². The molecule has 0 aromatic heterocycles. The molecule has 0 saturated carbocycles. The Morgan fingerprint density at radius 1 is 1.14 bits per heavy atom. The first kappa shape index (κ1) is 20.3. The fourth-order valence-electron chi connectivity index (χ4n) is 3.55. The number of hydrogen-bond donors (Lipinski definition) is 1. The number of amides is 3. The minimum absolute atomic E-state index is 0.0660. The van der Waals surface area contributed by atoms with Gasteiger partial charge in [0.25, 0.3) is 5.91 Å². The van der Waals surface area contributed by atoms with Gasteiger partial charge < -0.3 is 29.3 Å². The van der Waals surface area contributed by atoms with E-state index in [-0.39, 0.29) is 24.5 Å². The second-order valence-corrected chi connectivity index (χ2v) is 7.08.